The smallest absolute Gasteiger partial charge is 0.420 e. The third-order valence-electron chi connectivity index (χ3n) is 4.95. The molecule has 0 saturated heterocycles. The molecule has 1 aromatic heterocycles. The number of carbonyl (C=O) groups is 1. The maximum atomic E-state index is 12.9. The van der Waals surface area contributed by atoms with Gasteiger partial charge in [-0.1, -0.05) is 42.5 Å². The summed E-state index contributed by atoms with van der Waals surface area (Å²) in [5.74, 6) is 0.968. The highest BCUT2D eigenvalue weighted by Gasteiger charge is 2.36. The van der Waals surface area contributed by atoms with Gasteiger partial charge in [-0.15, -0.1) is 0 Å². The van der Waals surface area contributed by atoms with E-state index in [1.165, 1.54) is 5.56 Å². The van der Waals surface area contributed by atoms with Crippen LogP contribution in [0.3, 0.4) is 0 Å². The standard InChI is InChI=1S/C23H26N2O3/c1-23(2,3)28-22(26)25-20-12-8-7-11-19(20)24-21(25)17-13-18(14-17)27-15-16-9-5-4-6-10-16/h4-12,17-18H,13-15H2,1-3H3/t17-,18-. The summed E-state index contributed by atoms with van der Waals surface area (Å²) in [7, 11) is 0. The summed E-state index contributed by atoms with van der Waals surface area (Å²) in [6.07, 6.45) is 1.54. The summed E-state index contributed by atoms with van der Waals surface area (Å²) in [6, 6.07) is 17.9. The summed E-state index contributed by atoms with van der Waals surface area (Å²) >= 11 is 0. The summed E-state index contributed by atoms with van der Waals surface area (Å²) < 4.78 is 13.3. The van der Waals surface area contributed by atoms with Crippen LogP contribution in [-0.2, 0) is 16.1 Å². The number of carbonyl (C=O) groups excluding carboxylic acids is 1. The number of ether oxygens (including phenoxy) is 2. The van der Waals surface area contributed by atoms with Crippen LogP contribution >= 0.6 is 0 Å². The lowest BCUT2D eigenvalue weighted by atomic mass is 9.81. The lowest BCUT2D eigenvalue weighted by Gasteiger charge is -2.35. The number of imidazole rings is 1. The Labute approximate surface area is 165 Å². The topological polar surface area (TPSA) is 53.4 Å². The van der Waals surface area contributed by atoms with Crippen molar-refractivity contribution in [3.8, 4) is 0 Å². The van der Waals surface area contributed by atoms with Crippen molar-refractivity contribution in [2.24, 2.45) is 0 Å². The second-order valence-corrected chi connectivity index (χ2v) is 8.36. The number of hydrogen-bond acceptors (Lipinski definition) is 4. The van der Waals surface area contributed by atoms with Gasteiger partial charge in [0.2, 0.25) is 0 Å². The van der Waals surface area contributed by atoms with Crippen LogP contribution in [0.25, 0.3) is 11.0 Å². The van der Waals surface area contributed by atoms with Crippen molar-refractivity contribution in [3.63, 3.8) is 0 Å². The first-order chi connectivity index (χ1) is 13.4. The predicted molar refractivity (Wildman–Crippen MR) is 108 cm³/mol. The number of fused-ring (bicyclic) bond motifs is 1. The molecule has 0 amide bonds. The summed E-state index contributed by atoms with van der Waals surface area (Å²) in [5, 5.41) is 0. The number of benzene rings is 2. The largest absolute Gasteiger partial charge is 0.443 e. The molecule has 4 rings (SSSR count). The fraction of sp³-hybridized carbons (Fsp3) is 0.391. The van der Waals surface area contributed by atoms with Gasteiger partial charge in [0.15, 0.2) is 0 Å². The van der Waals surface area contributed by atoms with Crippen LogP contribution in [0.1, 0.15) is 50.9 Å². The van der Waals surface area contributed by atoms with Crippen molar-refractivity contribution >= 4 is 17.1 Å². The van der Waals surface area contributed by atoms with Gasteiger partial charge in [0, 0.05) is 5.92 Å². The minimum absolute atomic E-state index is 0.192. The molecule has 2 aromatic carbocycles. The normalized spacial score (nSPS) is 19.4. The van der Waals surface area contributed by atoms with E-state index in [1.807, 2.05) is 63.2 Å². The minimum atomic E-state index is -0.555. The van der Waals surface area contributed by atoms with E-state index in [9.17, 15) is 4.79 Å². The molecule has 1 heterocycles. The lowest BCUT2D eigenvalue weighted by molar-refractivity contribution is -0.0230. The Morgan fingerprint density at radius 2 is 1.75 bits per heavy atom. The van der Waals surface area contributed by atoms with Crippen molar-refractivity contribution in [1.82, 2.24) is 9.55 Å². The van der Waals surface area contributed by atoms with Crippen molar-refractivity contribution in [3.05, 3.63) is 66.0 Å². The number of rotatable bonds is 4. The first-order valence-electron chi connectivity index (χ1n) is 9.77. The molecule has 1 fully saturated rings. The van der Waals surface area contributed by atoms with Crippen molar-refractivity contribution in [2.75, 3.05) is 0 Å². The Balaban J connectivity index is 1.50. The quantitative estimate of drug-likeness (QED) is 0.620. The van der Waals surface area contributed by atoms with Crippen LogP contribution in [0.5, 0.6) is 0 Å². The molecule has 1 aliphatic rings. The van der Waals surface area contributed by atoms with Gasteiger partial charge in [-0.2, -0.15) is 0 Å². The summed E-state index contributed by atoms with van der Waals surface area (Å²) in [5.41, 5.74) is 2.23. The van der Waals surface area contributed by atoms with Gasteiger partial charge in [0.25, 0.3) is 0 Å². The number of aromatic nitrogens is 2. The SMILES string of the molecule is CC(C)(C)OC(=O)n1c2ccccc2nc1[C@H]1C[C@H](OCc2ccccc2)C1. The Bertz CT molecular complexity index is 966. The molecule has 0 N–H and O–H groups in total. The van der Waals surface area contributed by atoms with Gasteiger partial charge in [-0.25, -0.2) is 14.3 Å². The molecule has 0 radical (unpaired) electrons. The van der Waals surface area contributed by atoms with Crippen LogP contribution < -0.4 is 0 Å². The highest BCUT2D eigenvalue weighted by Crippen LogP contribution is 2.40. The summed E-state index contributed by atoms with van der Waals surface area (Å²) in [6.45, 7) is 6.24. The molecule has 0 atom stereocenters. The zero-order chi connectivity index (χ0) is 19.7. The zero-order valence-electron chi connectivity index (χ0n) is 16.6. The van der Waals surface area contributed by atoms with E-state index in [2.05, 4.69) is 12.1 Å². The van der Waals surface area contributed by atoms with Crippen LogP contribution in [0.15, 0.2) is 54.6 Å². The Hall–Kier alpha value is -2.66. The fourth-order valence-corrected chi connectivity index (χ4v) is 3.52. The van der Waals surface area contributed by atoms with E-state index in [4.69, 9.17) is 14.5 Å². The van der Waals surface area contributed by atoms with Crippen molar-refractivity contribution in [1.29, 1.82) is 0 Å². The van der Waals surface area contributed by atoms with Gasteiger partial charge in [0.1, 0.15) is 11.4 Å². The molecule has 1 saturated carbocycles. The molecular formula is C23H26N2O3. The highest BCUT2D eigenvalue weighted by atomic mass is 16.6. The summed E-state index contributed by atoms with van der Waals surface area (Å²) in [4.78, 5) is 17.6. The predicted octanol–water partition coefficient (Wildman–Crippen LogP) is 5.28. The van der Waals surface area contributed by atoms with Gasteiger partial charge < -0.3 is 9.47 Å². The molecule has 0 bridgehead atoms. The molecule has 0 aliphatic heterocycles. The van der Waals surface area contributed by atoms with Crippen molar-refractivity contribution < 1.29 is 14.3 Å². The van der Waals surface area contributed by atoms with Gasteiger partial charge in [0.05, 0.1) is 23.7 Å². The van der Waals surface area contributed by atoms with E-state index in [0.29, 0.717) is 6.61 Å². The first-order valence-corrected chi connectivity index (χ1v) is 9.77. The monoisotopic (exact) mass is 378 g/mol. The van der Waals surface area contributed by atoms with E-state index in [1.54, 1.807) is 4.57 Å². The highest BCUT2D eigenvalue weighted by molar-refractivity contribution is 5.87. The molecule has 1 aliphatic carbocycles. The maximum Gasteiger partial charge on any atom is 0.420 e. The average molecular weight is 378 g/mol. The first kappa shape index (κ1) is 18.7. The molecular weight excluding hydrogens is 352 g/mol. The fourth-order valence-electron chi connectivity index (χ4n) is 3.52. The molecule has 28 heavy (non-hydrogen) atoms. The molecule has 146 valence electrons. The molecule has 5 heteroatoms. The Morgan fingerprint density at radius 3 is 2.46 bits per heavy atom. The van der Waals surface area contributed by atoms with Gasteiger partial charge in [-0.3, -0.25) is 0 Å². The zero-order valence-corrected chi connectivity index (χ0v) is 16.6. The molecule has 5 nitrogen and oxygen atoms in total. The Kier molecular flexibility index (Phi) is 4.94. The lowest BCUT2D eigenvalue weighted by Crippen LogP contribution is -2.34. The minimum Gasteiger partial charge on any atom is -0.443 e. The van der Waals surface area contributed by atoms with Crippen LogP contribution in [0, 0.1) is 0 Å². The van der Waals surface area contributed by atoms with E-state index < -0.39 is 5.60 Å². The second-order valence-electron chi connectivity index (χ2n) is 8.36. The number of para-hydroxylation sites is 2. The number of nitrogens with zero attached hydrogens (tertiary/aromatic N) is 2. The Morgan fingerprint density at radius 1 is 1.07 bits per heavy atom. The van der Waals surface area contributed by atoms with Gasteiger partial charge in [-0.05, 0) is 51.3 Å². The second kappa shape index (κ2) is 7.40. The average Bonchev–Trinajstić information content (AvgIpc) is 2.99. The van der Waals surface area contributed by atoms with Crippen LogP contribution in [0.2, 0.25) is 0 Å². The number of hydrogen-bond donors (Lipinski definition) is 0. The molecule has 0 spiro atoms. The van der Waals surface area contributed by atoms with E-state index in [0.717, 1.165) is 29.7 Å². The molecule has 0 unspecified atom stereocenters. The third-order valence-corrected chi connectivity index (χ3v) is 4.95. The molecule has 3 aromatic rings. The van der Waals surface area contributed by atoms with E-state index >= 15 is 0 Å². The van der Waals surface area contributed by atoms with Gasteiger partial charge >= 0.3 is 6.09 Å². The van der Waals surface area contributed by atoms with Crippen molar-refractivity contribution in [2.45, 2.75) is 57.8 Å². The third kappa shape index (κ3) is 3.94. The van der Waals surface area contributed by atoms with Crippen LogP contribution in [-0.4, -0.2) is 27.3 Å². The van der Waals surface area contributed by atoms with E-state index in [-0.39, 0.29) is 18.1 Å². The van der Waals surface area contributed by atoms with Crippen LogP contribution in [0.4, 0.5) is 4.79 Å². The maximum absolute atomic E-state index is 12.9.